The van der Waals surface area contributed by atoms with Crippen molar-refractivity contribution in [2.75, 3.05) is 0 Å². The van der Waals surface area contributed by atoms with E-state index in [1.165, 1.54) is 0 Å². The summed E-state index contributed by atoms with van der Waals surface area (Å²) in [5.74, 6) is 1.21. The largest absolute Gasteiger partial charge is 0.391 e. The van der Waals surface area contributed by atoms with Crippen LogP contribution in [0.3, 0.4) is 0 Å². The Morgan fingerprint density at radius 3 is 2.95 bits per heavy atom. The molecule has 1 aliphatic carbocycles. The van der Waals surface area contributed by atoms with E-state index in [0.717, 1.165) is 23.1 Å². The molecule has 0 saturated carbocycles. The number of aliphatic hydroxyl groups excluding tert-OH is 1. The van der Waals surface area contributed by atoms with E-state index in [1.54, 1.807) is 0 Å². The Morgan fingerprint density at radius 1 is 1.47 bits per heavy atom. The van der Waals surface area contributed by atoms with E-state index in [9.17, 15) is 5.11 Å². The smallest absolute Gasteiger partial charge is 0.226 e. The van der Waals surface area contributed by atoms with Crippen molar-refractivity contribution >= 4 is 12.4 Å². The molecule has 2 atom stereocenters. The van der Waals surface area contributed by atoms with Crippen molar-refractivity contribution in [3.05, 3.63) is 35.2 Å². The van der Waals surface area contributed by atoms with Crippen LogP contribution in [0.25, 0.3) is 11.4 Å². The van der Waals surface area contributed by atoms with Crippen LogP contribution < -0.4 is 5.73 Å². The van der Waals surface area contributed by atoms with Gasteiger partial charge < -0.3 is 15.4 Å². The molecule has 6 heteroatoms. The number of aromatic nitrogens is 2. The number of benzene rings is 1. The lowest BCUT2D eigenvalue weighted by atomic mass is 10.0. The van der Waals surface area contributed by atoms with Gasteiger partial charge in [0.1, 0.15) is 0 Å². The zero-order valence-corrected chi connectivity index (χ0v) is 11.4. The second-order valence-electron chi connectivity index (χ2n) is 4.58. The maximum Gasteiger partial charge on any atom is 0.226 e. The van der Waals surface area contributed by atoms with Crippen molar-refractivity contribution in [3.8, 4) is 11.4 Å². The minimum absolute atomic E-state index is 0. The molecule has 0 spiro atoms. The molecular weight excluding hydrogens is 266 g/mol. The lowest BCUT2D eigenvalue weighted by Gasteiger charge is -2.08. The van der Waals surface area contributed by atoms with Crippen LogP contribution in [0.5, 0.6) is 0 Å². The van der Waals surface area contributed by atoms with Gasteiger partial charge in [-0.1, -0.05) is 24.2 Å². The molecule has 1 aromatic heterocycles. The van der Waals surface area contributed by atoms with Gasteiger partial charge >= 0.3 is 0 Å². The predicted molar refractivity (Wildman–Crippen MR) is 73.0 cm³/mol. The highest BCUT2D eigenvalue weighted by Crippen LogP contribution is 2.32. The zero-order chi connectivity index (χ0) is 12.7. The third kappa shape index (κ3) is 2.36. The topological polar surface area (TPSA) is 85.2 Å². The third-order valence-corrected chi connectivity index (χ3v) is 3.37. The standard InChI is InChI=1S/C13H15N3O2.ClH/c1-2-11-15-13(16-18-11)7-3-4-9-8(5-7)6-10(17)12(9)14;/h3-5,10,12,17H,2,6,14H2,1H3;1H/t10?,12-;/m0./s1. The Hall–Kier alpha value is -1.43. The second kappa shape index (κ2) is 5.28. The monoisotopic (exact) mass is 281 g/mol. The van der Waals surface area contributed by atoms with Gasteiger partial charge in [-0.15, -0.1) is 12.4 Å². The number of hydrogen-bond donors (Lipinski definition) is 2. The highest BCUT2D eigenvalue weighted by Gasteiger charge is 2.28. The van der Waals surface area contributed by atoms with E-state index in [0.29, 0.717) is 18.1 Å². The molecule has 0 aliphatic heterocycles. The first-order chi connectivity index (χ1) is 8.69. The number of rotatable bonds is 2. The maximum atomic E-state index is 9.75. The molecule has 3 rings (SSSR count). The molecule has 0 fully saturated rings. The van der Waals surface area contributed by atoms with Crippen LogP contribution in [0.15, 0.2) is 22.7 Å². The van der Waals surface area contributed by atoms with E-state index in [-0.39, 0.29) is 18.4 Å². The molecule has 0 amide bonds. The van der Waals surface area contributed by atoms with E-state index >= 15 is 0 Å². The first-order valence-electron chi connectivity index (χ1n) is 6.08. The Labute approximate surface area is 117 Å². The average Bonchev–Trinajstić information content (AvgIpc) is 2.95. The van der Waals surface area contributed by atoms with Gasteiger partial charge in [-0.25, -0.2) is 0 Å². The van der Waals surface area contributed by atoms with Gasteiger partial charge in [-0.2, -0.15) is 4.98 Å². The first-order valence-corrected chi connectivity index (χ1v) is 6.08. The fourth-order valence-electron chi connectivity index (χ4n) is 2.32. The van der Waals surface area contributed by atoms with Gasteiger partial charge in [0.15, 0.2) is 0 Å². The summed E-state index contributed by atoms with van der Waals surface area (Å²) in [6.45, 7) is 1.97. The summed E-state index contributed by atoms with van der Waals surface area (Å²) in [7, 11) is 0. The van der Waals surface area contributed by atoms with Crippen molar-refractivity contribution in [2.24, 2.45) is 5.73 Å². The molecule has 19 heavy (non-hydrogen) atoms. The molecule has 1 unspecified atom stereocenters. The van der Waals surface area contributed by atoms with E-state index in [2.05, 4.69) is 10.1 Å². The van der Waals surface area contributed by atoms with Crippen LogP contribution in [0.1, 0.15) is 30.0 Å². The number of aryl methyl sites for hydroxylation is 1. The minimum atomic E-state index is -0.494. The Balaban J connectivity index is 0.00000133. The van der Waals surface area contributed by atoms with Crippen molar-refractivity contribution in [1.82, 2.24) is 10.1 Å². The summed E-state index contributed by atoms with van der Waals surface area (Å²) < 4.78 is 5.09. The average molecular weight is 282 g/mol. The molecule has 0 bridgehead atoms. The summed E-state index contributed by atoms with van der Waals surface area (Å²) >= 11 is 0. The van der Waals surface area contributed by atoms with Gasteiger partial charge in [0, 0.05) is 18.4 Å². The van der Waals surface area contributed by atoms with Crippen LogP contribution in [0.2, 0.25) is 0 Å². The molecule has 102 valence electrons. The van der Waals surface area contributed by atoms with Gasteiger partial charge in [-0.3, -0.25) is 0 Å². The number of aliphatic hydroxyl groups is 1. The number of nitrogens with two attached hydrogens (primary N) is 1. The van der Waals surface area contributed by atoms with Crippen LogP contribution >= 0.6 is 12.4 Å². The van der Waals surface area contributed by atoms with Crippen LogP contribution in [-0.2, 0) is 12.8 Å². The summed E-state index contributed by atoms with van der Waals surface area (Å²) in [6.07, 6.45) is 0.816. The highest BCUT2D eigenvalue weighted by atomic mass is 35.5. The highest BCUT2D eigenvalue weighted by molar-refractivity contribution is 5.85. The quantitative estimate of drug-likeness (QED) is 0.874. The summed E-state index contributed by atoms with van der Waals surface area (Å²) in [5, 5.41) is 13.7. The van der Waals surface area contributed by atoms with Gasteiger partial charge in [0.2, 0.25) is 11.7 Å². The lowest BCUT2D eigenvalue weighted by Crippen LogP contribution is -2.21. The van der Waals surface area contributed by atoms with Crippen molar-refractivity contribution in [1.29, 1.82) is 0 Å². The Morgan fingerprint density at radius 2 is 2.26 bits per heavy atom. The molecule has 2 aromatic rings. The zero-order valence-electron chi connectivity index (χ0n) is 10.5. The number of hydrogen-bond acceptors (Lipinski definition) is 5. The van der Waals surface area contributed by atoms with E-state index in [1.807, 2.05) is 25.1 Å². The third-order valence-electron chi connectivity index (χ3n) is 3.37. The van der Waals surface area contributed by atoms with Gasteiger partial charge in [0.25, 0.3) is 0 Å². The normalized spacial score (nSPS) is 21.0. The Kier molecular flexibility index (Phi) is 3.89. The molecular formula is C13H16ClN3O2. The lowest BCUT2D eigenvalue weighted by molar-refractivity contribution is 0.158. The van der Waals surface area contributed by atoms with Crippen molar-refractivity contribution in [2.45, 2.75) is 31.9 Å². The van der Waals surface area contributed by atoms with Crippen LogP contribution in [0.4, 0.5) is 0 Å². The SMILES string of the molecule is CCc1nc(-c2ccc3c(c2)CC(O)[C@H]3N)no1.Cl. The molecule has 1 heterocycles. The van der Waals surface area contributed by atoms with E-state index in [4.69, 9.17) is 10.3 Å². The predicted octanol–water partition coefficient (Wildman–Crippen LogP) is 1.64. The van der Waals surface area contributed by atoms with Crippen LogP contribution in [0, 0.1) is 0 Å². The molecule has 0 saturated heterocycles. The number of halogens is 1. The van der Waals surface area contributed by atoms with Gasteiger partial charge in [-0.05, 0) is 17.2 Å². The maximum absolute atomic E-state index is 9.75. The molecule has 5 nitrogen and oxygen atoms in total. The fraction of sp³-hybridized carbons (Fsp3) is 0.385. The molecule has 1 aromatic carbocycles. The summed E-state index contributed by atoms with van der Waals surface area (Å²) in [5.41, 5.74) is 8.88. The second-order valence-corrected chi connectivity index (χ2v) is 4.58. The van der Waals surface area contributed by atoms with E-state index < -0.39 is 6.10 Å². The fourth-order valence-corrected chi connectivity index (χ4v) is 2.32. The molecule has 1 aliphatic rings. The molecule has 0 radical (unpaired) electrons. The Bertz CT molecular complexity index is 585. The summed E-state index contributed by atoms with van der Waals surface area (Å²) in [4.78, 5) is 4.29. The van der Waals surface area contributed by atoms with Crippen LogP contribution in [-0.4, -0.2) is 21.4 Å². The number of fused-ring (bicyclic) bond motifs is 1. The molecule has 3 N–H and O–H groups in total. The minimum Gasteiger partial charge on any atom is -0.391 e. The van der Waals surface area contributed by atoms with Crippen molar-refractivity contribution in [3.63, 3.8) is 0 Å². The first kappa shape index (κ1) is 14.0. The number of nitrogens with zero attached hydrogens (tertiary/aromatic N) is 2. The van der Waals surface area contributed by atoms with Gasteiger partial charge in [0.05, 0.1) is 12.1 Å². The van der Waals surface area contributed by atoms with Crippen molar-refractivity contribution < 1.29 is 9.63 Å². The summed E-state index contributed by atoms with van der Waals surface area (Å²) in [6, 6.07) is 5.55.